The Bertz CT molecular complexity index is 482. The summed E-state index contributed by atoms with van der Waals surface area (Å²) >= 11 is 0.890. The maximum atomic E-state index is 11.9. The number of hydrogen-bond acceptors (Lipinski definition) is 5. The zero-order valence-corrected chi connectivity index (χ0v) is 11.5. The van der Waals surface area contributed by atoms with E-state index < -0.39 is 15.6 Å². The average Bonchev–Trinajstić information content (AvgIpc) is 2.16. The van der Waals surface area contributed by atoms with Crippen molar-refractivity contribution in [1.82, 2.24) is 0 Å². The third kappa shape index (κ3) is 7.02. The van der Waals surface area contributed by atoms with Crippen molar-refractivity contribution in [3.63, 3.8) is 0 Å². The predicted octanol–water partition coefficient (Wildman–Crippen LogP) is 3.33. The van der Waals surface area contributed by atoms with E-state index in [4.69, 9.17) is 0 Å². The molecule has 0 aliphatic heterocycles. The van der Waals surface area contributed by atoms with Crippen LogP contribution < -0.4 is 4.18 Å². The van der Waals surface area contributed by atoms with Gasteiger partial charge in [0.2, 0.25) is 0 Å². The maximum Gasteiger partial charge on any atom is 0.442 e. The van der Waals surface area contributed by atoms with Gasteiger partial charge in [-0.15, -0.1) is 11.8 Å². The number of hydrogen-bond donors (Lipinski definition) is 0. The van der Waals surface area contributed by atoms with E-state index in [0.717, 1.165) is 18.0 Å². The fraction of sp³-hybridized carbons (Fsp3) is 0.333. The van der Waals surface area contributed by atoms with E-state index >= 15 is 0 Å². The largest absolute Gasteiger partial charge is 0.442 e. The molecule has 0 saturated heterocycles. The molecule has 0 spiro atoms. The molecule has 0 aliphatic carbocycles. The molecule has 0 atom stereocenters. The predicted molar refractivity (Wildman–Crippen MR) is 66.3 cm³/mol. The number of alkyl halides is 3. The van der Waals surface area contributed by atoms with Crippen molar-refractivity contribution in [2.45, 2.75) is 10.4 Å². The zero-order chi connectivity index (χ0) is 13.8. The van der Waals surface area contributed by atoms with Crippen LogP contribution in [0.25, 0.3) is 0 Å². The van der Waals surface area contributed by atoms with Crippen LogP contribution in [0.15, 0.2) is 29.2 Å². The summed E-state index contributed by atoms with van der Waals surface area (Å²) in [5.41, 5.74) is -4.24. The molecule has 0 saturated carbocycles. The quantitative estimate of drug-likeness (QED) is 0.473. The topological polar surface area (TPSA) is 43.4 Å². The Hall–Kier alpha value is -0.540. The molecule has 0 bridgehead atoms. The smallest absolute Gasteiger partial charge is 0.383 e. The van der Waals surface area contributed by atoms with Crippen LogP contribution >= 0.6 is 23.5 Å². The first-order valence-corrected chi connectivity index (χ1v) is 8.27. The summed E-state index contributed by atoms with van der Waals surface area (Å²) < 4.78 is 61.8. The number of benzene rings is 1. The fourth-order valence-corrected chi connectivity index (χ4v) is 3.03. The molecule has 0 N–H and O–H groups in total. The number of halogens is 3. The molecular weight excluding hydrogens is 309 g/mol. The standard InChI is InChI=1S/C9H9F3O3S3/c1-18(13,14)15-7-2-4-8(5-3-7)16-6-17-9(10,11)12/h2-5H,6H2,1H3. The van der Waals surface area contributed by atoms with Crippen LogP contribution in [0.4, 0.5) is 13.2 Å². The van der Waals surface area contributed by atoms with Crippen molar-refractivity contribution in [2.24, 2.45) is 0 Å². The van der Waals surface area contributed by atoms with E-state index in [2.05, 4.69) is 4.18 Å². The van der Waals surface area contributed by atoms with Gasteiger partial charge in [-0.05, 0) is 36.0 Å². The van der Waals surface area contributed by atoms with Crippen molar-refractivity contribution >= 4 is 33.6 Å². The molecule has 0 heterocycles. The third-order valence-corrected chi connectivity index (χ3v) is 3.89. The minimum absolute atomic E-state index is 0.122. The number of thioether (sulfide) groups is 2. The molecule has 9 heteroatoms. The van der Waals surface area contributed by atoms with Gasteiger partial charge in [0.1, 0.15) is 5.75 Å². The summed E-state index contributed by atoms with van der Waals surface area (Å²) in [5.74, 6) is 0.130. The lowest BCUT2D eigenvalue weighted by molar-refractivity contribution is -0.0324. The van der Waals surface area contributed by atoms with Gasteiger partial charge in [0.25, 0.3) is 0 Å². The van der Waals surface area contributed by atoms with E-state index in [-0.39, 0.29) is 22.6 Å². The van der Waals surface area contributed by atoms with Gasteiger partial charge in [0.05, 0.1) is 11.3 Å². The minimum atomic E-state index is -4.24. The van der Waals surface area contributed by atoms with Gasteiger partial charge in [0.15, 0.2) is 0 Å². The summed E-state index contributed by atoms with van der Waals surface area (Å²) in [5, 5.41) is -0.157. The fourth-order valence-electron chi connectivity index (χ4n) is 0.931. The lowest BCUT2D eigenvalue weighted by Crippen LogP contribution is -2.05. The molecule has 0 aromatic heterocycles. The van der Waals surface area contributed by atoms with Gasteiger partial charge in [0, 0.05) is 4.90 Å². The molecule has 0 radical (unpaired) electrons. The molecule has 3 nitrogen and oxygen atoms in total. The molecule has 18 heavy (non-hydrogen) atoms. The van der Waals surface area contributed by atoms with Crippen LogP contribution in [0.1, 0.15) is 0 Å². The lowest BCUT2D eigenvalue weighted by atomic mass is 10.3. The highest BCUT2D eigenvalue weighted by Crippen LogP contribution is 2.35. The van der Waals surface area contributed by atoms with Crippen molar-refractivity contribution in [3.05, 3.63) is 24.3 Å². The molecule has 1 rings (SSSR count). The molecule has 0 aliphatic rings. The Morgan fingerprint density at radius 3 is 2.22 bits per heavy atom. The van der Waals surface area contributed by atoms with Crippen LogP contribution in [0, 0.1) is 0 Å². The highest BCUT2D eigenvalue weighted by molar-refractivity contribution is 8.16. The second-order valence-corrected chi connectivity index (χ2v) is 7.14. The van der Waals surface area contributed by atoms with Gasteiger partial charge < -0.3 is 4.18 Å². The van der Waals surface area contributed by atoms with Gasteiger partial charge in [-0.1, -0.05) is 0 Å². The summed E-state index contributed by atoms with van der Waals surface area (Å²) in [7, 11) is -3.59. The lowest BCUT2D eigenvalue weighted by Gasteiger charge is -2.06. The Morgan fingerprint density at radius 1 is 1.22 bits per heavy atom. The summed E-state index contributed by atoms with van der Waals surface area (Å²) in [4.78, 5) is 0.604. The van der Waals surface area contributed by atoms with Crippen molar-refractivity contribution in [2.75, 3.05) is 11.3 Å². The highest BCUT2D eigenvalue weighted by atomic mass is 32.2. The van der Waals surface area contributed by atoms with Crippen LogP contribution in [-0.2, 0) is 10.1 Å². The first-order valence-electron chi connectivity index (χ1n) is 4.49. The van der Waals surface area contributed by atoms with Crippen LogP contribution in [0.5, 0.6) is 5.75 Å². The Kier molecular flexibility index (Phi) is 5.23. The van der Waals surface area contributed by atoms with Gasteiger partial charge in [-0.2, -0.15) is 21.6 Å². The minimum Gasteiger partial charge on any atom is -0.383 e. The van der Waals surface area contributed by atoms with Crippen molar-refractivity contribution in [3.8, 4) is 5.75 Å². The van der Waals surface area contributed by atoms with Gasteiger partial charge >= 0.3 is 15.6 Å². The Labute approximate surface area is 111 Å². The number of rotatable bonds is 5. The molecule has 102 valence electrons. The van der Waals surface area contributed by atoms with Gasteiger partial charge in [-0.25, -0.2) is 0 Å². The molecule has 1 aromatic carbocycles. The first kappa shape index (κ1) is 15.5. The van der Waals surface area contributed by atoms with E-state index in [1.54, 1.807) is 0 Å². The Balaban J connectivity index is 2.51. The average molecular weight is 318 g/mol. The SMILES string of the molecule is CS(=O)(=O)Oc1ccc(SCSC(F)(F)F)cc1. The molecule has 1 aromatic rings. The van der Waals surface area contributed by atoms with Gasteiger partial charge in [-0.3, -0.25) is 0 Å². The van der Waals surface area contributed by atoms with Crippen LogP contribution in [0.2, 0.25) is 0 Å². The van der Waals surface area contributed by atoms with Crippen LogP contribution in [0.3, 0.4) is 0 Å². The second-order valence-electron chi connectivity index (χ2n) is 3.11. The third-order valence-electron chi connectivity index (χ3n) is 1.52. The summed E-state index contributed by atoms with van der Waals surface area (Å²) in [6.45, 7) is 0. The zero-order valence-electron chi connectivity index (χ0n) is 9.10. The molecular formula is C9H9F3O3S3. The monoisotopic (exact) mass is 318 g/mol. The Morgan fingerprint density at radius 2 is 1.78 bits per heavy atom. The summed E-state index contributed by atoms with van der Waals surface area (Å²) in [6.07, 6.45) is 0.912. The molecule has 0 amide bonds. The van der Waals surface area contributed by atoms with Crippen LogP contribution in [-0.4, -0.2) is 25.3 Å². The van der Waals surface area contributed by atoms with Crippen molar-refractivity contribution in [1.29, 1.82) is 0 Å². The van der Waals surface area contributed by atoms with E-state index in [0.29, 0.717) is 4.90 Å². The molecule has 0 fully saturated rings. The molecule has 0 unspecified atom stereocenters. The van der Waals surface area contributed by atoms with E-state index in [1.165, 1.54) is 24.3 Å². The van der Waals surface area contributed by atoms with E-state index in [1.807, 2.05) is 0 Å². The first-order chi connectivity index (χ1) is 8.16. The maximum absolute atomic E-state index is 11.9. The second kappa shape index (κ2) is 6.07. The van der Waals surface area contributed by atoms with Crippen molar-refractivity contribution < 1.29 is 25.8 Å². The summed E-state index contributed by atoms with van der Waals surface area (Å²) in [6, 6.07) is 5.79. The normalized spacial score (nSPS) is 12.4. The highest BCUT2D eigenvalue weighted by Gasteiger charge is 2.27. The van der Waals surface area contributed by atoms with E-state index in [9.17, 15) is 21.6 Å².